The maximum Gasteiger partial charge on any atom is 0.142 e. The van der Waals surface area contributed by atoms with Crippen molar-refractivity contribution in [3.63, 3.8) is 0 Å². The molecule has 0 fully saturated rings. The fourth-order valence-electron chi connectivity index (χ4n) is 2.26. The third-order valence-electron chi connectivity index (χ3n) is 3.37. The van der Waals surface area contributed by atoms with Gasteiger partial charge in [0.1, 0.15) is 5.82 Å². The van der Waals surface area contributed by atoms with Gasteiger partial charge in [0.25, 0.3) is 0 Å². The first-order chi connectivity index (χ1) is 9.63. The van der Waals surface area contributed by atoms with E-state index in [0.717, 1.165) is 18.5 Å². The zero-order valence-corrected chi connectivity index (χ0v) is 13.3. The van der Waals surface area contributed by atoms with Crippen LogP contribution in [0.2, 0.25) is 5.02 Å². The molecule has 0 saturated carbocycles. The molecular formula is C16H19ClFNS. The molecule has 2 rings (SSSR count). The second kappa shape index (κ2) is 7.21. The van der Waals surface area contributed by atoms with Gasteiger partial charge in [-0.2, -0.15) is 11.3 Å². The predicted molar refractivity (Wildman–Crippen MR) is 85.2 cm³/mol. The van der Waals surface area contributed by atoms with E-state index in [-0.39, 0.29) is 16.9 Å². The van der Waals surface area contributed by atoms with Gasteiger partial charge in [-0.05, 0) is 59.8 Å². The van der Waals surface area contributed by atoms with Crippen molar-refractivity contribution < 1.29 is 4.39 Å². The molecule has 1 aromatic heterocycles. The average molecular weight is 312 g/mol. The van der Waals surface area contributed by atoms with Crippen molar-refractivity contribution in [2.24, 2.45) is 0 Å². The van der Waals surface area contributed by atoms with Gasteiger partial charge in [-0.3, -0.25) is 0 Å². The van der Waals surface area contributed by atoms with Gasteiger partial charge in [0.05, 0.1) is 5.02 Å². The number of hydrogen-bond acceptors (Lipinski definition) is 2. The molecule has 108 valence electrons. The summed E-state index contributed by atoms with van der Waals surface area (Å²) in [5, 5.41) is 8.08. The minimum Gasteiger partial charge on any atom is -0.310 e. The molecule has 20 heavy (non-hydrogen) atoms. The van der Waals surface area contributed by atoms with Crippen LogP contribution in [0.5, 0.6) is 0 Å². The van der Waals surface area contributed by atoms with E-state index < -0.39 is 0 Å². The van der Waals surface area contributed by atoms with Crippen LogP contribution in [0, 0.1) is 12.7 Å². The lowest BCUT2D eigenvalue weighted by Gasteiger charge is -2.19. The Kier molecular flexibility index (Phi) is 5.58. The molecule has 0 saturated heterocycles. The highest BCUT2D eigenvalue weighted by Gasteiger charge is 2.17. The Morgan fingerprint density at radius 2 is 2.15 bits per heavy atom. The van der Waals surface area contributed by atoms with E-state index in [1.165, 1.54) is 17.2 Å². The SMILES string of the molecule is CCCNC(Cc1cccc(F)c1Cl)c1cscc1C. The first-order valence-corrected chi connectivity index (χ1v) is 8.14. The molecule has 0 radical (unpaired) electrons. The number of aryl methyl sites for hydroxylation is 1. The summed E-state index contributed by atoms with van der Waals surface area (Å²) < 4.78 is 13.6. The monoisotopic (exact) mass is 311 g/mol. The van der Waals surface area contributed by atoms with Gasteiger partial charge < -0.3 is 5.32 Å². The zero-order valence-electron chi connectivity index (χ0n) is 11.7. The number of thiophene rings is 1. The van der Waals surface area contributed by atoms with Crippen molar-refractivity contribution in [1.29, 1.82) is 0 Å². The highest BCUT2D eigenvalue weighted by molar-refractivity contribution is 7.08. The summed E-state index contributed by atoms with van der Waals surface area (Å²) in [7, 11) is 0. The van der Waals surface area contributed by atoms with Gasteiger partial charge in [-0.1, -0.05) is 30.7 Å². The van der Waals surface area contributed by atoms with E-state index in [1.807, 2.05) is 6.07 Å². The third kappa shape index (κ3) is 3.60. The second-order valence-corrected chi connectivity index (χ2v) is 6.06. The maximum atomic E-state index is 13.6. The Hall–Kier alpha value is -0.900. The van der Waals surface area contributed by atoms with Crippen LogP contribution in [0.15, 0.2) is 29.0 Å². The summed E-state index contributed by atoms with van der Waals surface area (Å²) in [4.78, 5) is 0. The Morgan fingerprint density at radius 3 is 2.80 bits per heavy atom. The molecule has 1 atom stereocenters. The molecule has 2 aromatic rings. The molecular weight excluding hydrogens is 293 g/mol. The fraction of sp³-hybridized carbons (Fsp3) is 0.375. The Bertz CT molecular complexity index is 567. The van der Waals surface area contributed by atoms with Crippen LogP contribution in [-0.4, -0.2) is 6.54 Å². The summed E-state index contributed by atoms with van der Waals surface area (Å²) in [5.74, 6) is -0.347. The molecule has 1 N–H and O–H groups in total. The van der Waals surface area contributed by atoms with Crippen molar-refractivity contribution in [1.82, 2.24) is 5.32 Å². The fourth-order valence-corrected chi connectivity index (χ4v) is 3.37. The lowest BCUT2D eigenvalue weighted by molar-refractivity contribution is 0.526. The van der Waals surface area contributed by atoms with Gasteiger partial charge >= 0.3 is 0 Å². The summed E-state index contributed by atoms with van der Waals surface area (Å²) in [6.45, 7) is 5.19. The molecule has 0 spiro atoms. The van der Waals surface area contributed by atoms with Crippen molar-refractivity contribution in [3.05, 3.63) is 56.5 Å². The van der Waals surface area contributed by atoms with Gasteiger partial charge in [-0.15, -0.1) is 0 Å². The molecule has 0 aliphatic heterocycles. The van der Waals surface area contributed by atoms with E-state index in [0.29, 0.717) is 6.42 Å². The minimum atomic E-state index is -0.347. The highest BCUT2D eigenvalue weighted by Crippen LogP contribution is 2.28. The van der Waals surface area contributed by atoms with Gasteiger partial charge in [0.2, 0.25) is 0 Å². The molecule has 4 heteroatoms. The van der Waals surface area contributed by atoms with Crippen LogP contribution in [0.25, 0.3) is 0 Å². The van der Waals surface area contributed by atoms with Crippen LogP contribution >= 0.6 is 22.9 Å². The zero-order chi connectivity index (χ0) is 14.5. The molecule has 1 unspecified atom stereocenters. The second-order valence-electron chi connectivity index (χ2n) is 4.93. The molecule has 1 heterocycles. The standard InChI is InChI=1S/C16H19ClFNS/c1-3-7-19-15(13-10-20-9-11(13)2)8-12-5-4-6-14(18)16(12)17/h4-6,9-10,15,19H,3,7-8H2,1-2H3. The van der Waals surface area contributed by atoms with Crippen LogP contribution in [-0.2, 0) is 6.42 Å². The Morgan fingerprint density at radius 1 is 1.35 bits per heavy atom. The number of rotatable bonds is 6. The first-order valence-electron chi connectivity index (χ1n) is 6.82. The van der Waals surface area contributed by atoms with Gasteiger partial charge in [0, 0.05) is 6.04 Å². The van der Waals surface area contributed by atoms with E-state index >= 15 is 0 Å². The van der Waals surface area contributed by atoms with Crippen LogP contribution < -0.4 is 5.32 Å². The number of hydrogen-bond donors (Lipinski definition) is 1. The quantitative estimate of drug-likeness (QED) is 0.779. The normalized spacial score (nSPS) is 12.6. The highest BCUT2D eigenvalue weighted by atomic mass is 35.5. The number of benzene rings is 1. The van der Waals surface area contributed by atoms with Crippen molar-refractivity contribution in [3.8, 4) is 0 Å². The van der Waals surface area contributed by atoms with Crippen molar-refractivity contribution in [2.45, 2.75) is 32.7 Å². The van der Waals surface area contributed by atoms with Crippen molar-refractivity contribution in [2.75, 3.05) is 6.54 Å². The lowest BCUT2D eigenvalue weighted by Crippen LogP contribution is -2.24. The molecule has 0 aliphatic carbocycles. The van der Waals surface area contributed by atoms with Crippen LogP contribution in [0.1, 0.15) is 36.1 Å². The summed E-state index contributed by atoms with van der Waals surface area (Å²) in [6, 6.07) is 5.19. The summed E-state index contributed by atoms with van der Waals surface area (Å²) in [5.41, 5.74) is 3.41. The van der Waals surface area contributed by atoms with Gasteiger partial charge in [-0.25, -0.2) is 4.39 Å². The number of nitrogens with one attached hydrogen (secondary N) is 1. The van der Waals surface area contributed by atoms with E-state index in [1.54, 1.807) is 17.4 Å². The minimum absolute atomic E-state index is 0.181. The smallest absolute Gasteiger partial charge is 0.142 e. The average Bonchev–Trinajstić information content (AvgIpc) is 2.85. The Balaban J connectivity index is 2.24. The lowest BCUT2D eigenvalue weighted by atomic mass is 9.98. The van der Waals surface area contributed by atoms with Crippen molar-refractivity contribution >= 4 is 22.9 Å². The maximum absolute atomic E-state index is 13.6. The molecule has 1 nitrogen and oxygen atoms in total. The first kappa shape index (κ1) is 15.5. The molecule has 0 amide bonds. The third-order valence-corrected chi connectivity index (χ3v) is 4.67. The van der Waals surface area contributed by atoms with E-state index in [4.69, 9.17) is 11.6 Å². The number of halogens is 2. The molecule has 1 aromatic carbocycles. The van der Waals surface area contributed by atoms with Gasteiger partial charge in [0.15, 0.2) is 0 Å². The summed E-state index contributed by atoms with van der Waals surface area (Å²) >= 11 is 7.77. The van der Waals surface area contributed by atoms with Crippen LogP contribution in [0.4, 0.5) is 4.39 Å². The largest absolute Gasteiger partial charge is 0.310 e. The molecule has 0 aliphatic rings. The molecule has 0 bridgehead atoms. The Labute approximate surface area is 128 Å². The summed E-state index contributed by atoms with van der Waals surface area (Å²) in [6.07, 6.45) is 1.77. The van der Waals surface area contributed by atoms with Crippen LogP contribution in [0.3, 0.4) is 0 Å². The topological polar surface area (TPSA) is 12.0 Å². The van der Waals surface area contributed by atoms with E-state index in [9.17, 15) is 4.39 Å². The predicted octanol–water partition coefficient (Wildman–Crippen LogP) is 5.13. The van der Waals surface area contributed by atoms with E-state index in [2.05, 4.69) is 29.9 Å².